The molecular formula is C15H18N2O2S. The Labute approximate surface area is 122 Å². The fraction of sp³-hybridized carbons (Fsp3) is 0.333. The molecule has 0 fully saturated rings. The highest BCUT2D eigenvalue weighted by atomic mass is 32.1. The molecule has 0 unspecified atom stereocenters. The second-order valence-electron chi connectivity index (χ2n) is 4.33. The molecule has 0 aliphatic heterocycles. The summed E-state index contributed by atoms with van der Waals surface area (Å²) >= 11 is 1.72. The molecule has 0 aliphatic carbocycles. The second-order valence-corrected chi connectivity index (χ2v) is 5.53. The van der Waals surface area contributed by atoms with Crippen LogP contribution in [0.2, 0.25) is 0 Å². The molecule has 20 heavy (non-hydrogen) atoms. The molecule has 0 atom stereocenters. The predicted octanol–water partition coefficient (Wildman–Crippen LogP) is 2.78. The lowest BCUT2D eigenvalue weighted by Gasteiger charge is -2.08. The molecule has 1 heterocycles. The van der Waals surface area contributed by atoms with Crippen molar-refractivity contribution in [3.05, 3.63) is 51.5 Å². The lowest BCUT2D eigenvalue weighted by molar-refractivity contribution is 0.0599. The molecule has 0 radical (unpaired) electrons. The van der Waals surface area contributed by atoms with Gasteiger partial charge >= 0.3 is 5.97 Å². The molecule has 0 saturated heterocycles. The highest BCUT2D eigenvalue weighted by molar-refractivity contribution is 7.11. The van der Waals surface area contributed by atoms with Crippen LogP contribution < -0.4 is 5.32 Å². The maximum atomic E-state index is 11.6. The van der Waals surface area contributed by atoms with Crippen LogP contribution in [0, 0.1) is 0 Å². The SMILES string of the molecule is CCc1cnc(CNCc2ccccc2C(=O)OC)s1. The highest BCUT2D eigenvalue weighted by Gasteiger charge is 2.10. The Morgan fingerprint density at radius 3 is 2.85 bits per heavy atom. The van der Waals surface area contributed by atoms with Crippen LogP contribution in [-0.4, -0.2) is 18.1 Å². The first-order chi connectivity index (χ1) is 9.74. The van der Waals surface area contributed by atoms with Gasteiger partial charge in [-0.25, -0.2) is 9.78 Å². The number of hydrogen-bond acceptors (Lipinski definition) is 5. The number of esters is 1. The van der Waals surface area contributed by atoms with E-state index in [0.717, 1.165) is 17.0 Å². The Balaban J connectivity index is 1.95. The lowest BCUT2D eigenvalue weighted by Crippen LogP contribution is -2.15. The van der Waals surface area contributed by atoms with E-state index in [9.17, 15) is 4.79 Å². The minimum absolute atomic E-state index is 0.301. The van der Waals surface area contributed by atoms with Crippen LogP contribution >= 0.6 is 11.3 Å². The number of benzene rings is 1. The third-order valence-electron chi connectivity index (χ3n) is 2.96. The molecule has 1 aromatic heterocycles. The summed E-state index contributed by atoms with van der Waals surface area (Å²) in [5, 5.41) is 4.38. The van der Waals surface area contributed by atoms with Crippen LogP contribution in [-0.2, 0) is 24.2 Å². The average molecular weight is 290 g/mol. The van der Waals surface area contributed by atoms with Gasteiger partial charge in [0.05, 0.1) is 12.7 Å². The maximum absolute atomic E-state index is 11.6. The Bertz CT molecular complexity index is 581. The molecule has 106 valence electrons. The summed E-state index contributed by atoms with van der Waals surface area (Å²) < 4.78 is 4.78. The fourth-order valence-corrected chi connectivity index (χ4v) is 2.71. The van der Waals surface area contributed by atoms with Crippen molar-refractivity contribution >= 4 is 17.3 Å². The molecule has 0 saturated carbocycles. The minimum atomic E-state index is -0.301. The van der Waals surface area contributed by atoms with Crippen LogP contribution in [0.4, 0.5) is 0 Å². The molecule has 2 rings (SSSR count). The van der Waals surface area contributed by atoms with E-state index in [1.165, 1.54) is 12.0 Å². The third-order valence-corrected chi connectivity index (χ3v) is 4.11. The Hall–Kier alpha value is -1.72. The number of aryl methyl sites for hydroxylation is 1. The van der Waals surface area contributed by atoms with E-state index in [0.29, 0.717) is 18.7 Å². The number of hydrogen-bond donors (Lipinski definition) is 1. The van der Waals surface area contributed by atoms with Crippen molar-refractivity contribution < 1.29 is 9.53 Å². The molecule has 4 nitrogen and oxygen atoms in total. The predicted molar refractivity (Wildman–Crippen MR) is 79.8 cm³/mol. The van der Waals surface area contributed by atoms with E-state index in [1.807, 2.05) is 24.4 Å². The lowest BCUT2D eigenvalue weighted by atomic mass is 10.1. The summed E-state index contributed by atoms with van der Waals surface area (Å²) in [5.41, 5.74) is 1.54. The van der Waals surface area contributed by atoms with E-state index in [1.54, 1.807) is 17.4 Å². The molecule has 1 aromatic carbocycles. The molecule has 2 aromatic rings. The summed E-state index contributed by atoms with van der Waals surface area (Å²) in [7, 11) is 1.40. The van der Waals surface area contributed by atoms with E-state index in [4.69, 9.17) is 4.74 Å². The van der Waals surface area contributed by atoms with E-state index in [2.05, 4.69) is 17.2 Å². The van der Waals surface area contributed by atoms with Crippen molar-refractivity contribution in [3.63, 3.8) is 0 Å². The Morgan fingerprint density at radius 1 is 1.35 bits per heavy atom. The number of rotatable bonds is 6. The maximum Gasteiger partial charge on any atom is 0.338 e. The van der Waals surface area contributed by atoms with Gasteiger partial charge in [-0.1, -0.05) is 25.1 Å². The summed E-state index contributed by atoms with van der Waals surface area (Å²) in [4.78, 5) is 17.3. The zero-order chi connectivity index (χ0) is 14.4. The first kappa shape index (κ1) is 14.7. The zero-order valence-electron chi connectivity index (χ0n) is 11.7. The van der Waals surface area contributed by atoms with Crippen LogP contribution in [0.1, 0.15) is 32.7 Å². The highest BCUT2D eigenvalue weighted by Crippen LogP contribution is 2.14. The van der Waals surface area contributed by atoms with E-state index >= 15 is 0 Å². The van der Waals surface area contributed by atoms with Crippen LogP contribution in [0.25, 0.3) is 0 Å². The Kier molecular flexibility index (Phi) is 5.26. The van der Waals surface area contributed by atoms with Crippen LogP contribution in [0.5, 0.6) is 0 Å². The fourth-order valence-electron chi connectivity index (χ4n) is 1.88. The number of nitrogens with zero attached hydrogens (tertiary/aromatic N) is 1. The van der Waals surface area contributed by atoms with Gasteiger partial charge in [-0.05, 0) is 18.1 Å². The number of carbonyl (C=O) groups is 1. The van der Waals surface area contributed by atoms with Gasteiger partial charge in [-0.15, -0.1) is 11.3 Å². The van der Waals surface area contributed by atoms with Gasteiger partial charge in [0.25, 0.3) is 0 Å². The van der Waals surface area contributed by atoms with Crippen molar-refractivity contribution in [3.8, 4) is 0 Å². The summed E-state index contributed by atoms with van der Waals surface area (Å²) in [6, 6.07) is 7.46. The van der Waals surface area contributed by atoms with Crippen LogP contribution in [0.15, 0.2) is 30.5 Å². The first-order valence-electron chi connectivity index (χ1n) is 6.55. The smallest absolute Gasteiger partial charge is 0.338 e. The van der Waals surface area contributed by atoms with Crippen molar-refractivity contribution in [1.82, 2.24) is 10.3 Å². The van der Waals surface area contributed by atoms with Gasteiger partial charge in [0.15, 0.2) is 0 Å². The summed E-state index contributed by atoms with van der Waals surface area (Å²) in [5.74, 6) is -0.301. The quantitative estimate of drug-likeness (QED) is 0.831. The second kappa shape index (κ2) is 7.17. The zero-order valence-corrected chi connectivity index (χ0v) is 12.5. The molecule has 0 bridgehead atoms. The topological polar surface area (TPSA) is 51.2 Å². The molecule has 0 amide bonds. The minimum Gasteiger partial charge on any atom is -0.465 e. The average Bonchev–Trinajstić information content (AvgIpc) is 2.95. The monoisotopic (exact) mass is 290 g/mol. The third kappa shape index (κ3) is 3.65. The number of ether oxygens (including phenoxy) is 1. The first-order valence-corrected chi connectivity index (χ1v) is 7.36. The number of methoxy groups -OCH3 is 1. The van der Waals surface area contributed by atoms with Gasteiger partial charge < -0.3 is 10.1 Å². The number of aromatic nitrogens is 1. The van der Waals surface area contributed by atoms with Crippen molar-refractivity contribution in [1.29, 1.82) is 0 Å². The van der Waals surface area contributed by atoms with Crippen LogP contribution in [0.3, 0.4) is 0 Å². The summed E-state index contributed by atoms with van der Waals surface area (Å²) in [6.45, 7) is 3.45. The van der Waals surface area contributed by atoms with Gasteiger partial charge in [0, 0.05) is 24.2 Å². The van der Waals surface area contributed by atoms with Gasteiger partial charge in [-0.2, -0.15) is 0 Å². The largest absolute Gasteiger partial charge is 0.465 e. The van der Waals surface area contributed by atoms with E-state index < -0.39 is 0 Å². The Morgan fingerprint density at radius 2 is 2.15 bits per heavy atom. The molecule has 0 aliphatic rings. The number of nitrogens with one attached hydrogen (secondary N) is 1. The van der Waals surface area contributed by atoms with Crippen molar-refractivity contribution in [2.75, 3.05) is 7.11 Å². The van der Waals surface area contributed by atoms with E-state index in [-0.39, 0.29) is 5.97 Å². The molecule has 0 spiro atoms. The number of thiazole rings is 1. The molecular weight excluding hydrogens is 272 g/mol. The number of carbonyl (C=O) groups excluding carboxylic acids is 1. The van der Waals surface area contributed by atoms with Crippen molar-refractivity contribution in [2.45, 2.75) is 26.4 Å². The standard InChI is InChI=1S/C15H18N2O2S/c1-3-12-9-17-14(20-12)10-16-8-11-6-4-5-7-13(11)15(18)19-2/h4-7,9,16H,3,8,10H2,1-2H3. The molecule has 5 heteroatoms. The molecule has 1 N–H and O–H groups in total. The van der Waals surface area contributed by atoms with Crippen molar-refractivity contribution in [2.24, 2.45) is 0 Å². The summed E-state index contributed by atoms with van der Waals surface area (Å²) in [6.07, 6.45) is 2.94. The van der Waals surface area contributed by atoms with Gasteiger partial charge in [0.1, 0.15) is 5.01 Å². The van der Waals surface area contributed by atoms with Gasteiger partial charge in [0.2, 0.25) is 0 Å². The normalized spacial score (nSPS) is 10.5. The van der Waals surface area contributed by atoms with Gasteiger partial charge in [-0.3, -0.25) is 0 Å².